The summed E-state index contributed by atoms with van der Waals surface area (Å²) in [6.07, 6.45) is 4.12. The molecule has 3 nitrogen and oxygen atoms in total. The SMILES string of the molecule is CCC(C)C1CNC(C)CN1CC1CCC(C)(C)O1. The summed E-state index contributed by atoms with van der Waals surface area (Å²) in [5.41, 5.74) is 0.0934. The van der Waals surface area contributed by atoms with Gasteiger partial charge in [-0.2, -0.15) is 0 Å². The van der Waals surface area contributed by atoms with Crippen molar-refractivity contribution in [3.05, 3.63) is 0 Å². The molecule has 0 radical (unpaired) electrons. The Morgan fingerprint density at radius 1 is 1.42 bits per heavy atom. The molecule has 0 saturated carbocycles. The fourth-order valence-electron chi connectivity index (χ4n) is 3.51. The molecule has 0 aromatic rings. The van der Waals surface area contributed by atoms with Crippen LogP contribution in [0.2, 0.25) is 0 Å². The van der Waals surface area contributed by atoms with Crippen LogP contribution < -0.4 is 5.32 Å². The number of nitrogens with zero attached hydrogens (tertiary/aromatic N) is 1. The molecular weight excluding hydrogens is 236 g/mol. The topological polar surface area (TPSA) is 24.5 Å². The highest BCUT2D eigenvalue weighted by molar-refractivity contribution is 4.90. The molecule has 4 unspecified atom stereocenters. The van der Waals surface area contributed by atoms with Crippen LogP contribution in [0.25, 0.3) is 0 Å². The third-order valence-corrected chi connectivity index (χ3v) is 4.95. The predicted molar refractivity (Wildman–Crippen MR) is 80.5 cm³/mol. The van der Waals surface area contributed by atoms with Gasteiger partial charge in [-0.15, -0.1) is 0 Å². The van der Waals surface area contributed by atoms with Crippen molar-refractivity contribution in [3.8, 4) is 0 Å². The van der Waals surface area contributed by atoms with Crippen LogP contribution in [0.3, 0.4) is 0 Å². The predicted octanol–water partition coefficient (Wildman–Crippen LogP) is 2.65. The molecule has 2 fully saturated rings. The summed E-state index contributed by atoms with van der Waals surface area (Å²) in [4.78, 5) is 2.68. The molecule has 3 heteroatoms. The Hall–Kier alpha value is -0.120. The maximum atomic E-state index is 6.19. The molecule has 0 amide bonds. The Labute approximate surface area is 119 Å². The van der Waals surface area contributed by atoms with E-state index in [1.807, 2.05) is 0 Å². The normalized spacial score (nSPS) is 37.4. The minimum Gasteiger partial charge on any atom is -0.371 e. The van der Waals surface area contributed by atoms with E-state index in [2.05, 4.69) is 44.8 Å². The minimum absolute atomic E-state index is 0.0934. The lowest BCUT2D eigenvalue weighted by Gasteiger charge is -2.43. The zero-order valence-corrected chi connectivity index (χ0v) is 13.4. The van der Waals surface area contributed by atoms with Gasteiger partial charge >= 0.3 is 0 Å². The first-order valence-corrected chi connectivity index (χ1v) is 8.06. The van der Waals surface area contributed by atoms with Crippen LogP contribution in [-0.2, 0) is 4.74 Å². The summed E-state index contributed by atoms with van der Waals surface area (Å²) in [7, 11) is 0. The first kappa shape index (κ1) is 15.3. The highest BCUT2D eigenvalue weighted by atomic mass is 16.5. The number of nitrogens with one attached hydrogen (secondary N) is 1. The fraction of sp³-hybridized carbons (Fsp3) is 1.00. The van der Waals surface area contributed by atoms with Crippen LogP contribution in [0.15, 0.2) is 0 Å². The average molecular weight is 268 g/mol. The number of ether oxygens (including phenoxy) is 1. The fourth-order valence-corrected chi connectivity index (χ4v) is 3.51. The van der Waals surface area contributed by atoms with Crippen molar-refractivity contribution in [2.24, 2.45) is 5.92 Å². The van der Waals surface area contributed by atoms with Crippen LogP contribution in [0.4, 0.5) is 0 Å². The highest BCUT2D eigenvalue weighted by Crippen LogP contribution is 2.31. The van der Waals surface area contributed by atoms with E-state index in [4.69, 9.17) is 4.74 Å². The van der Waals surface area contributed by atoms with E-state index in [-0.39, 0.29) is 5.60 Å². The molecule has 2 aliphatic rings. The van der Waals surface area contributed by atoms with E-state index in [1.54, 1.807) is 0 Å². The molecule has 1 N–H and O–H groups in total. The summed E-state index contributed by atoms with van der Waals surface area (Å²) < 4.78 is 6.19. The molecule has 0 aliphatic carbocycles. The Morgan fingerprint density at radius 3 is 2.74 bits per heavy atom. The van der Waals surface area contributed by atoms with E-state index in [0.29, 0.717) is 18.2 Å². The first-order valence-electron chi connectivity index (χ1n) is 8.06. The zero-order valence-electron chi connectivity index (χ0n) is 13.4. The summed E-state index contributed by atoms with van der Waals surface area (Å²) in [6, 6.07) is 1.28. The van der Waals surface area contributed by atoms with Gasteiger partial charge in [0.15, 0.2) is 0 Å². The molecule has 0 aromatic carbocycles. The quantitative estimate of drug-likeness (QED) is 0.848. The summed E-state index contributed by atoms with van der Waals surface area (Å²) in [5, 5.41) is 3.64. The third-order valence-electron chi connectivity index (χ3n) is 4.95. The molecule has 0 spiro atoms. The van der Waals surface area contributed by atoms with Gasteiger partial charge in [-0.05, 0) is 39.5 Å². The maximum Gasteiger partial charge on any atom is 0.0710 e. The van der Waals surface area contributed by atoms with E-state index in [0.717, 1.165) is 25.6 Å². The number of rotatable bonds is 4. The van der Waals surface area contributed by atoms with Gasteiger partial charge in [0.25, 0.3) is 0 Å². The zero-order chi connectivity index (χ0) is 14.0. The molecule has 2 heterocycles. The Morgan fingerprint density at radius 2 is 2.16 bits per heavy atom. The molecule has 112 valence electrons. The summed E-state index contributed by atoms with van der Waals surface area (Å²) in [6.45, 7) is 14.8. The second-order valence-corrected chi connectivity index (χ2v) is 7.25. The van der Waals surface area contributed by atoms with Crippen molar-refractivity contribution in [3.63, 3.8) is 0 Å². The van der Waals surface area contributed by atoms with Crippen molar-refractivity contribution < 1.29 is 4.74 Å². The smallest absolute Gasteiger partial charge is 0.0710 e. The second-order valence-electron chi connectivity index (χ2n) is 7.25. The summed E-state index contributed by atoms with van der Waals surface area (Å²) >= 11 is 0. The average Bonchev–Trinajstić information content (AvgIpc) is 2.68. The lowest BCUT2D eigenvalue weighted by Crippen LogP contribution is -2.59. The molecule has 2 saturated heterocycles. The van der Waals surface area contributed by atoms with Crippen LogP contribution in [-0.4, -0.2) is 48.3 Å². The van der Waals surface area contributed by atoms with Gasteiger partial charge in [0.1, 0.15) is 0 Å². The molecule has 2 aliphatic heterocycles. The van der Waals surface area contributed by atoms with Gasteiger partial charge < -0.3 is 10.1 Å². The van der Waals surface area contributed by atoms with Gasteiger partial charge in [-0.3, -0.25) is 4.90 Å². The maximum absolute atomic E-state index is 6.19. The molecule has 4 atom stereocenters. The monoisotopic (exact) mass is 268 g/mol. The van der Waals surface area contributed by atoms with Crippen molar-refractivity contribution in [1.82, 2.24) is 10.2 Å². The van der Waals surface area contributed by atoms with Crippen LogP contribution in [0.1, 0.15) is 53.9 Å². The van der Waals surface area contributed by atoms with Crippen LogP contribution in [0.5, 0.6) is 0 Å². The molecule has 0 aromatic heterocycles. The number of hydrogen-bond acceptors (Lipinski definition) is 3. The molecule has 0 bridgehead atoms. The first-order chi connectivity index (χ1) is 8.91. The Bertz CT molecular complexity index is 292. The van der Waals surface area contributed by atoms with E-state index < -0.39 is 0 Å². The molecular formula is C16H32N2O. The largest absolute Gasteiger partial charge is 0.371 e. The van der Waals surface area contributed by atoms with Crippen molar-refractivity contribution in [2.45, 2.75) is 77.7 Å². The lowest BCUT2D eigenvalue weighted by atomic mass is 9.94. The Kier molecular flexibility index (Phi) is 4.91. The van der Waals surface area contributed by atoms with E-state index >= 15 is 0 Å². The molecule has 19 heavy (non-hydrogen) atoms. The van der Waals surface area contributed by atoms with Crippen LogP contribution in [0, 0.1) is 5.92 Å². The van der Waals surface area contributed by atoms with E-state index in [9.17, 15) is 0 Å². The summed E-state index contributed by atoms with van der Waals surface area (Å²) in [5.74, 6) is 0.759. The number of piperazine rings is 1. The highest BCUT2D eigenvalue weighted by Gasteiger charge is 2.36. The van der Waals surface area contributed by atoms with Gasteiger partial charge in [-0.1, -0.05) is 20.3 Å². The standard InChI is InChI=1S/C16H32N2O/c1-6-12(2)15-9-17-13(3)10-18(15)11-14-7-8-16(4,5)19-14/h12-15,17H,6-11H2,1-5H3. The van der Waals surface area contributed by atoms with Crippen molar-refractivity contribution >= 4 is 0 Å². The van der Waals surface area contributed by atoms with Gasteiger partial charge in [-0.25, -0.2) is 0 Å². The minimum atomic E-state index is 0.0934. The van der Waals surface area contributed by atoms with Gasteiger partial charge in [0, 0.05) is 31.7 Å². The second kappa shape index (κ2) is 6.11. The third kappa shape index (κ3) is 3.93. The Balaban J connectivity index is 1.94. The van der Waals surface area contributed by atoms with Gasteiger partial charge in [0.05, 0.1) is 11.7 Å². The van der Waals surface area contributed by atoms with Crippen molar-refractivity contribution in [2.75, 3.05) is 19.6 Å². The van der Waals surface area contributed by atoms with Crippen molar-refractivity contribution in [1.29, 1.82) is 0 Å². The molecule has 2 rings (SSSR count). The van der Waals surface area contributed by atoms with Crippen LogP contribution >= 0.6 is 0 Å². The van der Waals surface area contributed by atoms with Gasteiger partial charge in [0.2, 0.25) is 0 Å². The number of hydrogen-bond donors (Lipinski definition) is 1. The lowest BCUT2D eigenvalue weighted by molar-refractivity contribution is -0.0422. The van der Waals surface area contributed by atoms with E-state index in [1.165, 1.54) is 19.3 Å².